The van der Waals surface area contributed by atoms with Gasteiger partial charge in [0.25, 0.3) is 0 Å². The average molecular weight is 541 g/mol. The zero-order valence-corrected chi connectivity index (χ0v) is 23.3. The van der Waals surface area contributed by atoms with Gasteiger partial charge in [-0.2, -0.15) is 0 Å². The van der Waals surface area contributed by atoms with Crippen LogP contribution < -0.4 is 0 Å². The van der Waals surface area contributed by atoms with E-state index in [1.807, 2.05) is 26.0 Å². The van der Waals surface area contributed by atoms with Gasteiger partial charge >= 0.3 is 11.9 Å². The zero-order chi connectivity index (χ0) is 28.1. The summed E-state index contributed by atoms with van der Waals surface area (Å²) in [4.78, 5) is 25.0. The smallest absolute Gasteiger partial charge is 0.338 e. The third-order valence-electron chi connectivity index (χ3n) is 8.58. The van der Waals surface area contributed by atoms with Crippen molar-refractivity contribution in [3.05, 3.63) is 71.8 Å². The van der Waals surface area contributed by atoms with Crippen molar-refractivity contribution in [2.45, 2.75) is 65.5 Å². The third-order valence-corrected chi connectivity index (χ3v) is 8.58. The first-order valence-electron chi connectivity index (χ1n) is 13.8. The Balaban J connectivity index is 1.32. The van der Waals surface area contributed by atoms with Gasteiger partial charge in [0.15, 0.2) is 18.7 Å². The van der Waals surface area contributed by atoms with Crippen LogP contribution in [0.15, 0.2) is 60.7 Å². The predicted octanol–water partition coefficient (Wildman–Crippen LogP) is 4.71. The largest absolute Gasteiger partial charge is 0.459 e. The van der Waals surface area contributed by atoms with E-state index in [0.717, 1.165) is 0 Å². The van der Waals surface area contributed by atoms with Crippen molar-refractivity contribution in [2.24, 2.45) is 29.6 Å². The molecular formula is C31H40O8. The molecule has 0 aliphatic carbocycles. The predicted molar refractivity (Wildman–Crippen MR) is 144 cm³/mol. The maximum absolute atomic E-state index is 12.6. The Morgan fingerprint density at radius 2 is 1.23 bits per heavy atom. The van der Waals surface area contributed by atoms with Gasteiger partial charge in [-0.05, 0) is 42.0 Å². The summed E-state index contributed by atoms with van der Waals surface area (Å²) in [6, 6.07) is 17.6. The van der Waals surface area contributed by atoms with Crippen LogP contribution in [-0.4, -0.2) is 61.2 Å². The topological polar surface area (TPSA) is 101 Å². The summed E-state index contributed by atoms with van der Waals surface area (Å²) in [6.45, 7) is 10.6. The van der Waals surface area contributed by atoms with Crippen LogP contribution in [0.3, 0.4) is 0 Å². The molecule has 8 heteroatoms. The number of aliphatic hydroxyl groups is 1. The van der Waals surface area contributed by atoms with E-state index in [2.05, 4.69) is 20.8 Å². The highest BCUT2D eigenvalue weighted by atomic mass is 16.7. The zero-order valence-electron chi connectivity index (χ0n) is 23.3. The first-order valence-corrected chi connectivity index (χ1v) is 13.8. The summed E-state index contributed by atoms with van der Waals surface area (Å²) >= 11 is 0. The maximum Gasteiger partial charge on any atom is 0.338 e. The fourth-order valence-electron chi connectivity index (χ4n) is 5.27. The van der Waals surface area contributed by atoms with Crippen molar-refractivity contribution in [2.75, 3.05) is 13.2 Å². The van der Waals surface area contributed by atoms with Crippen LogP contribution in [0, 0.1) is 29.6 Å². The number of hydrogen-bond acceptors (Lipinski definition) is 8. The molecule has 0 aromatic heterocycles. The average Bonchev–Trinajstić information content (AvgIpc) is 2.96. The van der Waals surface area contributed by atoms with Crippen molar-refractivity contribution in [3.8, 4) is 0 Å². The quantitative estimate of drug-likeness (QED) is 0.481. The van der Waals surface area contributed by atoms with Crippen LogP contribution in [0.1, 0.15) is 55.3 Å². The van der Waals surface area contributed by atoms with E-state index in [0.29, 0.717) is 11.1 Å². The Morgan fingerprint density at radius 1 is 0.692 bits per heavy atom. The first kappa shape index (κ1) is 29.2. The lowest BCUT2D eigenvalue weighted by molar-refractivity contribution is -0.291. The van der Waals surface area contributed by atoms with Crippen molar-refractivity contribution < 1.29 is 38.4 Å². The molecule has 2 fully saturated rings. The highest BCUT2D eigenvalue weighted by Gasteiger charge is 2.45. The van der Waals surface area contributed by atoms with Crippen molar-refractivity contribution >= 4 is 11.9 Å². The van der Waals surface area contributed by atoms with Crippen molar-refractivity contribution in [1.29, 1.82) is 0 Å². The molecule has 0 radical (unpaired) electrons. The van der Waals surface area contributed by atoms with Gasteiger partial charge in [0.1, 0.15) is 6.61 Å². The van der Waals surface area contributed by atoms with Gasteiger partial charge in [-0.25, -0.2) is 9.59 Å². The number of benzene rings is 2. The van der Waals surface area contributed by atoms with Crippen LogP contribution >= 0.6 is 0 Å². The molecule has 2 aromatic carbocycles. The van der Waals surface area contributed by atoms with Crippen molar-refractivity contribution in [1.82, 2.24) is 0 Å². The van der Waals surface area contributed by atoms with E-state index < -0.39 is 30.8 Å². The standard InChI is InChI=1S/C31H40O8/c1-18-19(2)26(16-35-28(32)23-12-8-6-9-13-23)38-31(22(18)5)36-17-25-20(3)21(4)27(30(34)37-25)39-29(33)24-14-10-7-11-15-24/h6-15,18-22,25-27,30-31,34H,16-17H2,1-5H3/t18-,19-,20-,21-,22?,25?,26?,27?,30+,31-/m0/s1. The second kappa shape index (κ2) is 13.0. The Morgan fingerprint density at radius 3 is 1.85 bits per heavy atom. The second-order valence-corrected chi connectivity index (χ2v) is 10.9. The van der Waals surface area contributed by atoms with E-state index in [1.165, 1.54) is 0 Å². The normalized spacial score (nSPS) is 34.7. The Labute approximate surface area is 230 Å². The SMILES string of the molecule is CC1[C@@H](OCC2O[C@@H](O)C(OC(=O)c3ccccc3)[C@@H](C)[C@@H]2C)OC(COC(=O)c2ccccc2)[C@@H](C)[C@@H]1C. The van der Waals surface area contributed by atoms with Crippen LogP contribution in [0.5, 0.6) is 0 Å². The lowest BCUT2D eigenvalue weighted by Gasteiger charge is -2.45. The highest BCUT2D eigenvalue weighted by molar-refractivity contribution is 5.89. The molecule has 4 unspecified atom stereocenters. The summed E-state index contributed by atoms with van der Waals surface area (Å²) in [5.74, 6) is -0.575. The lowest BCUT2D eigenvalue weighted by atomic mass is 9.79. The van der Waals surface area contributed by atoms with Crippen LogP contribution in [-0.2, 0) is 23.7 Å². The monoisotopic (exact) mass is 540 g/mol. The minimum Gasteiger partial charge on any atom is -0.459 e. The third kappa shape index (κ3) is 6.87. The first-order chi connectivity index (χ1) is 18.7. The molecule has 0 amide bonds. The van der Waals surface area contributed by atoms with Gasteiger partial charge in [0.05, 0.1) is 29.9 Å². The molecule has 2 saturated heterocycles. The second-order valence-electron chi connectivity index (χ2n) is 10.9. The minimum absolute atomic E-state index is 0.0557. The summed E-state index contributed by atoms with van der Waals surface area (Å²) in [5, 5.41) is 10.7. The van der Waals surface area contributed by atoms with E-state index in [1.54, 1.807) is 48.5 Å². The van der Waals surface area contributed by atoms with Gasteiger partial charge in [0.2, 0.25) is 0 Å². The number of aliphatic hydroxyl groups excluding tert-OH is 1. The molecule has 1 N–H and O–H groups in total. The molecule has 8 nitrogen and oxygen atoms in total. The van der Waals surface area contributed by atoms with Gasteiger partial charge in [-0.1, -0.05) is 71.0 Å². The summed E-state index contributed by atoms with van der Waals surface area (Å²) < 4.78 is 29.6. The molecule has 4 rings (SSSR count). The Hall–Kier alpha value is -2.78. The Bertz CT molecular complexity index is 1080. The van der Waals surface area contributed by atoms with E-state index in [9.17, 15) is 14.7 Å². The number of rotatable bonds is 8. The number of carbonyl (C=O) groups is 2. The van der Waals surface area contributed by atoms with E-state index in [-0.39, 0.29) is 54.9 Å². The van der Waals surface area contributed by atoms with Crippen molar-refractivity contribution in [3.63, 3.8) is 0 Å². The van der Waals surface area contributed by atoms with Gasteiger partial charge in [0, 0.05) is 11.8 Å². The molecule has 0 saturated carbocycles. The number of ether oxygens (including phenoxy) is 5. The molecule has 2 heterocycles. The van der Waals surface area contributed by atoms with Gasteiger partial charge in [-0.3, -0.25) is 0 Å². The minimum atomic E-state index is -1.27. The summed E-state index contributed by atoms with van der Waals surface area (Å²) in [6.07, 6.45) is -3.32. The van der Waals surface area contributed by atoms with Gasteiger partial charge < -0.3 is 28.8 Å². The Kier molecular flexibility index (Phi) is 9.77. The van der Waals surface area contributed by atoms with Crippen LogP contribution in [0.25, 0.3) is 0 Å². The molecule has 39 heavy (non-hydrogen) atoms. The summed E-state index contributed by atoms with van der Waals surface area (Å²) in [7, 11) is 0. The molecule has 2 aliphatic rings. The molecule has 2 aromatic rings. The number of esters is 2. The molecule has 2 aliphatic heterocycles. The molecule has 0 spiro atoms. The fourth-order valence-corrected chi connectivity index (χ4v) is 5.27. The van der Waals surface area contributed by atoms with Gasteiger partial charge in [-0.15, -0.1) is 0 Å². The number of hydrogen-bond donors (Lipinski definition) is 1. The lowest BCUT2D eigenvalue weighted by Crippen LogP contribution is -2.53. The van der Waals surface area contributed by atoms with E-state index in [4.69, 9.17) is 23.7 Å². The highest BCUT2D eigenvalue weighted by Crippen LogP contribution is 2.37. The molecular weight excluding hydrogens is 500 g/mol. The number of carbonyl (C=O) groups excluding carboxylic acids is 2. The maximum atomic E-state index is 12.6. The van der Waals surface area contributed by atoms with Crippen LogP contribution in [0.4, 0.5) is 0 Å². The van der Waals surface area contributed by atoms with Crippen LogP contribution in [0.2, 0.25) is 0 Å². The fraction of sp³-hybridized carbons (Fsp3) is 0.548. The van der Waals surface area contributed by atoms with E-state index >= 15 is 0 Å². The molecule has 212 valence electrons. The summed E-state index contributed by atoms with van der Waals surface area (Å²) in [5.41, 5.74) is 0.921. The molecule has 0 bridgehead atoms. The molecule has 10 atom stereocenters.